The van der Waals surface area contributed by atoms with Crippen molar-refractivity contribution < 1.29 is 27.2 Å². The minimum Gasteiger partial charge on any atom is -0.467 e. The molecule has 3 rings (SSSR count). The number of furan rings is 1. The van der Waals surface area contributed by atoms with Gasteiger partial charge in [0, 0.05) is 13.1 Å². The van der Waals surface area contributed by atoms with Gasteiger partial charge in [-0.2, -0.15) is 13.2 Å². The quantitative estimate of drug-likeness (QED) is 0.392. The van der Waals surface area contributed by atoms with Crippen LogP contribution in [0.4, 0.5) is 23.7 Å². The molecule has 3 amide bonds. The zero-order chi connectivity index (χ0) is 25.3. The highest BCUT2D eigenvalue weighted by Crippen LogP contribution is 2.34. The van der Waals surface area contributed by atoms with Crippen molar-refractivity contribution in [3.05, 3.63) is 89.9 Å². The second-order valence-electron chi connectivity index (χ2n) is 8.03. The Hall–Kier alpha value is -3.75. The largest absolute Gasteiger partial charge is 0.467 e. The van der Waals surface area contributed by atoms with Crippen molar-refractivity contribution in [1.29, 1.82) is 0 Å². The van der Waals surface area contributed by atoms with E-state index < -0.39 is 17.8 Å². The Balaban J connectivity index is 1.73. The van der Waals surface area contributed by atoms with Crippen molar-refractivity contribution in [2.45, 2.75) is 32.5 Å². The minimum atomic E-state index is -4.62. The molecule has 3 aromatic rings. The van der Waals surface area contributed by atoms with Crippen LogP contribution in [0, 0.1) is 0 Å². The van der Waals surface area contributed by atoms with Gasteiger partial charge in [-0.1, -0.05) is 49.4 Å². The fourth-order valence-corrected chi connectivity index (χ4v) is 3.61. The molecule has 1 aromatic heterocycles. The molecular weight excluding hydrogens is 459 g/mol. The molecule has 0 aliphatic rings. The van der Waals surface area contributed by atoms with Gasteiger partial charge in [0.15, 0.2) is 0 Å². The fourth-order valence-electron chi connectivity index (χ4n) is 3.61. The molecule has 0 bridgehead atoms. The predicted octanol–water partition coefficient (Wildman–Crippen LogP) is 5.81. The van der Waals surface area contributed by atoms with Gasteiger partial charge in [-0.05, 0) is 42.7 Å². The maximum absolute atomic E-state index is 13.3. The summed E-state index contributed by atoms with van der Waals surface area (Å²) in [5, 5.41) is 2.33. The number of hydrogen-bond acceptors (Lipinski definition) is 3. The molecule has 2 aromatic carbocycles. The zero-order valence-electron chi connectivity index (χ0n) is 19.4. The van der Waals surface area contributed by atoms with Gasteiger partial charge in [-0.25, -0.2) is 4.79 Å². The van der Waals surface area contributed by atoms with E-state index >= 15 is 0 Å². The van der Waals surface area contributed by atoms with Crippen LogP contribution >= 0.6 is 0 Å². The van der Waals surface area contributed by atoms with Crippen LogP contribution in [0.15, 0.2) is 77.4 Å². The number of nitrogens with one attached hydrogen (secondary N) is 1. The number of carbonyl (C=O) groups is 2. The summed E-state index contributed by atoms with van der Waals surface area (Å²) in [7, 11) is 0. The van der Waals surface area contributed by atoms with E-state index in [-0.39, 0.29) is 31.2 Å². The lowest BCUT2D eigenvalue weighted by Crippen LogP contribution is -2.45. The molecule has 186 valence electrons. The van der Waals surface area contributed by atoms with Crippen molar-refractivity contribution in [3.8, 4) is 0 Å². The van der Waals surface area contributed by atoms with Crippen LogP contribution in [0.5, 0.6) is 0 Å². The number of carbonyl (C=O) groups excluding carboxylic acids is 2. The van der Waals surface area contributed by atoms with Crippen molar-refractivity contribution in [3.63, 3.8) is 0 Å². The third-order valence-electron chi connectivity index (χ3n) is 5.37. The third kappa shape index (κ3) is 7.63. The average Bonchev–Trinajstić information content (AvgIpc) is 3.35. The summed E-state index contributed by atoms with van der Waals surface area (Å²) in [6.45, 7) is 2.37. The SMILES string of the molecule is CCCN(CC(=O)N(CCc1ccccc1)Cc1ccco1)C(=O)Nc1ccccc1C(F)(F)F. The molecule has 0 aliphatic heterocycles. The average molecular weight is 488 g/mol. The standard InChI is InChI=1S/C26H28F3N3O3/c1-2-15-32(25(34)30-23-13-7-6-12-22(23)26(27,28)29)19-24(33)31(18-21-11-8-17-35-21)16-14-20-9-4-3-5-10-20/h3-13,17H,2,14-16,18-19H2,1H3,(H,30,34). The summed E-state index contributed by atoms with van der Waals surface area (Å²) in [6.07, 6.45) is -1.97. The summed E-state index contributed by atoms with van der Waals surface area (Å²) in [5.41, 5.74) is -0.245. The van der Waals surface area contributed by atoms with Gasteiger partial charge >= 0.3 is 12.2 Å². The highest BCUT2D eigenvalue weighted by atomic mass is 19.4. The van der Waals surface area contributed by atoms with Crippen LogP contribution in [0.2, 0.25) is 0 Å². The number of urea groups is 1. The third-order valence-corrected chi connectivity index (χ3v) is 5.37. The molecule has 6 nitrogen and oxygen atoms in total. The van der Waals surface area contributed by atoms with E-state index in [2.05, 4.69) is 5.32 Å². The van der Waals surface area contributed by atoms with E-state index in [0.717, 1.165) is 11.6 Å². The summed E-state index contributed by atoms with van der Waals surface area (Å²) in [5.74, 6) is 0.266. The van der Waals surface area contributed by atoms with Gasteiger partial charge in [-0.3, -0.25) is 4.79 Å². The maximum Gasteiger partial charge on any atom is 0.418 e. The zero-order valence-corrected chi connectivity index (χ0v) is 19.4. The lowest BCUT2D eigenvalue weighted by atomic mass is 10.1. The van der Waals surface area contributed by atoms with Crippen LogP contribution in [0.3, 0.4) is 0 Å². The number of para-hydroxylation sites is 1. The first kappa shape index (κ1) is 25.9. The number of halogens is 3. The van der Waals surface area contributed by atoms with Gasteiger partial charge in [0.05, 0.1) is 24.1 Å². The molecule has 1 heterocycles. The lowest BCUT2D eigenvalue weighted by Gasteiger charge is -2.27. The minimum absolute atomic E-state index is 0.207. The van der Waals surface area contributed by atoms with Crippen LogP contribution < -0.4 is 5.32 Å². The van der Waals surface area contributed by atoms with Crippen molar-refractivity contribution in [2.24, 2.45) is 0 Å². The molecule has 0 fully saturated rings. The second kappa shape index (κ2) is 12.1. The van der Waals surface area contributed by atoms with Gasteiger partial charge < -0.3 is 19.5 Å². The summed E-state index contributed by atoms with van der Waals surface area (Å²) in [6, 6.07) is 17.1. The smallest absolute Gasteiger partial charge is 0.418 e. The fraction of sp³-hybridized carbons (Fsp3) is 0.308. The summed E-state index contributed by atoms with van der Waals surface area (Å²) in [4.78, 5) is 29.0. The number of alkyl halides is 3. The van der Waals surface area contributed by atoms with E-state index in [1.807, 2.05) is 37.3 Å². The molecule has 0 unspecified atom stereocenters. The van der Waals surface area contributed by atoms with E-state index in [1.54, 1.807) is 17.0 Å². The van der Waals surface area contributed by atoms with Gasteiger partial charge in [0.25, 0.3) is 0 Å². The number of benzene rings is 2. The highest BCUT2D eigenvalue weighted by Gasteiger charge is 2.34. The van der Waals surface area contributed by atoms with Crippen LogP contribution in [-0.4, -0.2) is 41.4 Å². The van der Waals surface area contributed by atoms with E-state index in [9.17, 15) is 22.8 Å². The van der Waals surface area contributed by atoms with Gasteiger partial charge in [0.2, 0.25) is 5.91 Å². The second-order valence-corrected chi connectivity index (χ2v) is 8.03. The topological polar surface area (TPSA) is 65.8 Å². The van der Waals surface area contributed by atoms with Gasteiger partial charge in [0.1, 0.15) is 12.3 Å². The first-order chi connectivity index (χ1) is 16.8. The molecule has 0 saturated carbocycles. The monoisotopic (exact) mass is 487 g/mol. The Kier molecular flexibility index (Phi) is 8.94. The molecule has 0 atom stereocenters. The Bertz CT molecular complexity index is 1090. The maximum atomic E-state index is 13.3. The van der Waals surface area contributed by atoms with Crippen molar-refractivity contribution >= 4 is 17.6 Å². The van der Waals surface area contributed by atoms with Crippen molar-refractivity contribution in [2.75, 3.05) is 25.0 Å². The van der Waals surface area contributed by atoms with Crippen LogP contribution in [0.25, 0.3) is 0 Å². The van der Waals surface area contributed by atoms with Gasteiger partial charge in [-0.15, -0.1) is 0 Å². The Morgan fingerprint density at radius 2 is 1.63 bits per heavy atom. The molecular formula is C26H28F3N3O3. The highest BCUT2D eigenvalue weighted by molar-refractivity contribution is 5.93. The Morgan fingerprint density at radius 1 is 0.914 bits per heavy atom. The molecule has 0 saturated heterocycles. The normalized spacial score (nSPS) is 11.2. The predicted molar refractivity (Wildman–Crippen MR) is 127 cm³/mol. The lowest BCUT2D eigenvalue weighted by molar-refractivity contribution is -0.137. The Labute approximate surface area is 202 Å². The number of anilines is 1. The first-order valence-electron chi connectivity index (χ1n) is 11.3. The molecule has 0 spiro atoms. The van der Waals surface area contributed by atoms with E-state index in [4.69, 9.17) is 4.42 Å². The van der Waals surface area contributed by atoms with Crippen molar-refractivity contribution in [1.82, 2.24) is 9.80 Å². The number of amides is 3. The van der Waals surface area contributed by atoms with E-state index in [0.29, 0.717) is 25.1 Å². The van der Waals surface area contributed by atoms with Crippen LogP contribution in [-0.2, 0) is 23.9 Å². The summed E-state index contributed by atoms with van der Waals surface area (Å²) < 4.78 is 45.4. The molecule has 35 heavy (non-hydrogen) atoms. The molecule has 9 heteroatoms. The number of nitrogens with zero attached hydrogens (tertiary/aromatic N) is 2. The number of hydrogen-bond donors (Lipinski definition) is 1. The molecule has 1 N–H and O–H groups in total. The number of rotatable bonds is 10. The molecule has 0 aliphatic carbocycles. The Morgan fingerprint density at radius 3 is 2.29 bits per heavy atom. The summed E-state index contributed by atoms with van der Waals surface area (Å²) >= 11 is 0. The van der Waals surface area contributed by atoms with Crippen LogP contribution in [0.1, 0.15) is 30.2 Å². The van der Waals surface area contributed by atoms with E-state index in [1.165, 1.54) is 29.4 Å². The molecule has 0 radical (unpaired) electrons. The first-order valence-corrected chi connectivity index (χ1v) is 11.3.